The summed E-state index contributed by atoms with van der Waals surface area (Å²) >= 11 is 12.1. The van der Waals surface area contributed by atoms with Crippen molar-refractivity contribution in [3.63, 3.8) is 0 Å². The van der Waals surface area contributed by atoms with Gasteiger partial charge in [-0.2, -0.15) is 4.31 Å². The second-order valence-electron chi connectivity index (χ2n) is 7.60. The molecule has 0 unspecified atom stereocenters. The lowest BCUT2D eigenvalue weighted by molar-refractivity contribution is -0.121. The molecule has 0 fully saturated rings. The highest BCUT2D eigenvalue weighted by atomic mass is 35.5. The Morgan fingerprint density at radius 1 is 0.844 bits per heavy atom. The van der Waals surface area contributed by atoms with Crippen LogP contribution in [0.25, 0.3) is 0 Å². The molecule has 0 saturated heterocycles. The van der Waals surface area contributed by atoms with Crippen molar-refractivity contribution in [1.82, 2.24) is 9.62 Å². The number of hydrogen-bond donors (Lipinski definition) is 1. The van der Waals surface area contributed by atoms with E-state index in [2.05, 4.69) is 5.32 Å². The molecular formula is C24H24Cl2N2O3S. The van der Waals surface area contributed by atoms with Crippen LogP contribution in [-0.2, 0) is 27.9 Å². The van der Waals surface area contributed by atoms with E-state index in [4.69, 9.17) is 23.2 Å². The molecule has 1 N–H and O–H groups in total. The van der Waals surface area contributed by atoms with Crippen LogP contribution in [0.5, 0.6) is 0 Å². The molecule has 3 aromatic carbocycles. The van der Waals surface area contributed by atoms with Gasteiger partial charge in [-0.15, -0.1) is 0 Å². The lowest BCUT2D eigenvalue weighted by Gasteiger charge is -2.22. The fourth-order valence-corrected chi connectivity index (χ4v) is 4.75. The summed E-state index contributed by atoms with van der Waals surface area (Å²) in [7, 11) is -3.93. The van der Waals surface area contributed by atoms with Gasteiger partial charge in [-0.1, -0.05) is 76.8 Å². The molecule has 0 bridgehead atoms. The second kappa shape index (κ2) is 10.5. The van der Waals surface area contributed by atoms with E-state index >= 15 is 0 Å². The molecule has 3 aromatic rings. The molecule has 5 nitrogen and oxygen atoms in total. The zero-order valence-corrected chi connectivity index (χ0v) is 20.1. The van der Waals surface area contributed by atoms with Crippen molar-refractivity contribution in [2.45, 2.75) is 31.8 Å². The Morgan fingerprint density at radius 2 is 1.41 bits per heavy atom. The van der Waals surface area contributed by atoms with Crippen LogP contribution in [0.2, 0.25) is 10.0 Å². The third kappa shape index (κ3) is 6.33. The summed E-state index contributed by atoms with van der Waals surface area (Å²) in [6.45, 7) is 3.82. The van der Waals surface area contributed by atoms with E-state index < -0.39 is 15.9 Å². The third-order valence-corrected chi connectivity index (χ3v) is 7.48. The number of rotatable bonds is 8. The SMILES string of the molecule is Cc1ccc(CNC(=O)CN(Cc2ccc(Cl)c(Cl)c2)S(=O)(=O)c2ccc(C)cc2)cc1. The summed E-state index contributed by atoms with van der Waals surface area (Å²) in [5.41, 5.74) is 3.62. The van der Waals surface area contributed by atoms with Gasteiger partial charge in [0.25, 0.3) is 0 Å². The number of aryl methyl sites for hydroxylation is 2. The van der Waals surface area contributed by atoms with Crippen molar-refractivity contribution in [3.8, 4) is 0 Å². The van der Waals surface area contributed by atoms with E-state index in [9.17, 15) is 13.2 Å². The smallest absolute Gasteiger partial charge is 0.243 e. The fourth-order valence-electron chi connectivity index (χ4n) is 3.05. The first-order valence-electron chi connectivity index (χ1n) is 9.98. The Bertz CT molecular complexity index is 1190. The number of sulfonamides is 1. The maximum absolute atomic E-state index is 13.3. The first-order chi connectivity index (χ1) is 15.1. The van der Waals surface area contributed by atoms with Crippen molar-refractivity contribution >= 4 is 39.1 Å². The van der Waals surface area contributed by atoms with Crippen molar-refractivity contribution < 1.29 is 13.2 Å². The lowest BCUT2D eigenvalue weighted by atomic mass is 10.1. The van der Waals surface area contributed by atoms with Crippen LogP contribution < -0.4 is 5.32 Å². The number of nitrogens with one attached hydrogen (secondary N) is 1. The molecule has 0 atom stereocenters. The number of amides is 1. The summed E-state index contributed by atoms with van der Waals surface area (Å²) in [6, 6.07) is 19.2. The molecule has 8 heteroatoms. The molecule has 0 aliphatic rings. The van der Waals surface area contributed by atoms with Crippen LogP contribution in [0.3, 0.4) is 0 Å². The summed E-state index contributed by atoms with van der Waals surface area (Å²) in [6.07, 6.45) is 0. The molecular weight excluding hydrogens is 467 g/mol. The Labute approximate surface area is 199 Å². The van der Waals surface area contributed by atoms with E-state index in [-0.39, 0.29) is 18.0 Å². The van der Waals surface area contributed by atoms with Crippen molar-refractivity contribution in [1.29, 1.82) is 0 Å². The minimum atomic E-state index is -3.93. The van der Waals surface area contributed by atoms with Crippen LogP contribution in [-0.4, -0.2) is 25.2 Å². The van der Waals surface area contributed by atoms with Gasteiger partial charge in [-0.05, 0) is 49.2 Å². The highest BCUT2D eigenvalue weighted by molar-refractivity contribution is 7.89. The zero-order chi connectivity index (χ0) is 23.3. The molecule has 0 aliphatic carbocycles. The van der Waals surface area contributed by atoms with Crippen LogP contribution in [0, 0.1) is 13.8 Å². The number of benzene rings is 3. The molecule has 1 amide bonds. The van der Waals surface area contributed by atoms with E-state index in [1.54, 1.807) is 30.3 Å². The topological polar surface area (TPSA) is 66.5 Å². The number of halogens is 2. The first-order valence-corrected chi connectivity index (χ1v) is 12.2. The Balaban J connectivity index is 1.81. The average molecular weight is 491 g/mol. The van der Waals surface area contributed by atoms with Gasteiger partial charge in [0.1, 0.15) is 0 Å². The van der Waals surface area contributed by atoms with Gasteiger partial charge in [0.15, 0.2) is 0 Å². The van der Waals surface area contributed by atoms with Crippen LogP contribution in [0.1, 0.15) is 22.3 Å². The quantitative estimate of drug-likeness (QED) is 0.476. The van der Waals surface area contributed by atoms with E-state index in [1.807, 2.05) is 38.1 Å². The molecule has 0 radical (unpaired) electrons. The second-order valence-corrected chi connectivity index (χ2v) is 10.3. The molecule has 168 valence electrons. The average Bonchev–Trinajstić information content (AvgIpc) is 2.76. The van der Waals surface area contributed by atoms with Gasteiger partial charge in [-0.25, -0.2) is 8.42 Å². The van der Waals surface area contributed by atoms with Gasteiger partial charge in [0, 0.05) is 13.1 Å². The van der Waals surface area contributed by atoms with Gasteiger partial charge >= 0.3 is 0 Å². The Morgan fingerprint density at radius 3 is 2.00 bits per heavy atom. The summed E-state index contributed by atoms with van der Waals surface area (Å²) < 4.78 is 27.8. The Kier molecular flexibility index (Phi) is 7.96. The van der Waals surface area contributed by atoms with Gasteiger partial charge in [0.2, 0.25) is 15.9 Å². The van der Waals surface area contributed by atoms with Crippen molar-refractivity contribution in [2.24, 2.45) is 0 Å². The highest BCUT2D eigenvalue weighted by Crippen LogP contribution is 2.25. The van der Waals surface area contributed by atoms with Crippen molar-refractivity contribution in [3.05, 3.63) is 99.0 Å². The Hall–Kier alpha value is -2.38. The molecule has 32 heavy (non-hydrogen) atoms. The molecule has 0 spiro atoms. The maximum atomic E-state index is 13.3. The standard InChI is InChI=1S/C24H24Cl2N2O3S/c1-17-3-7-19(8-4-17)14-27-24(29)16-28(15-20-9-12-22(25)23(26)13-20)32(30,31)21-10-5-18(2)6-11-21/h3-13H,14-16H2,1-2H3,(H,27,29). The van der Waals surface area contributed by atoms with Crippen LogP contribution in [0.15, 0.2) is 71.6 Å². The molecule has 0 aromatic heterocycles. The first kappa shape index (κ1) is 24.3. The molecule has 3 rings (SSSR count). The molecule has 0 aliphatic heterocycles. The predicted molar refractivity (Wildman–Crippen MR) is 128 cm³/mol. The van der Waals surface area contributed by atoms with E-state index in [0.717, 1.165) is 21.0 Å². The predicted octanol–water partition coefficient (Wildman–Crippen LogP) is 5.12. The summed E-state index contributed by atoms with van der Waals surface area (Å²) in [5.74, 6) is -0.402. The summed E-state index contributed by atoms with van der Waals surface area (Å²) in [4.78, 5) is 12.8. The third-order valence-electron chi connectivity index (χ3n) is 4.93. The lowest BCUT2D eigenvalue weighted by Crippen LogP contribution is -2.40. The minimum absolute atomic E-state index is 0.0228. The normalized spacial score (nSPS) is 11.5. The minimum Gasteiger partial charge on any atom is -0.351 e. The highest BCUT2D eigenvalue weighted by Gasteiger charge is 2.27. The molecule has 0 heterocycles. The van der Waals surface area contributed by atoms with Gasteiger partial charge < -0.3 is 5.32 Å². The van der Waals surface area contributed by atoms with Gasteiger partial charge in [0.05, 0.1) is 21.5 Å². The van der Waals surface area contributed by atoms with Crippen LogP contribution in [0.4, 0.5) is 0 Å². The molecule has 0 saturated carbocycles. The van der Waals surface area contributed by atoms with E-state index in [1.165, 1.54) is 12.1 Å². The number of nitrogens with zero attached hydrogens (tertiary/aromatic N) is 1. The largest absolute Gasteiger partial charge is 0.351 e. The maximum Gasteiger partial charge on any atom is 0.243 e. The fraction of sp³-hybridized carbons (Fsp3) is 0.208. The monoisotopic (exact) mass is 490 g/mol. The number of carbonyl (C=O) groups is 1. The van der Waals surface area contributed by atoms with Gasteiger partial charge in [-0.3, -0.25) is 4.79 Å². The summed E-state index contributed by atoms with van der Waals surface area (Å²) in [5, 5.41) is 3.49. The van der Waals surface area contributed by atoms with E-state index in [0.29, 0.717) is 22.2 Å². The zero-order valence-electron chi connectivity index (χ0n) is 17.8. The van der Waals surface area contributed by atoms with Crippen molar-refractivity contribution in [2.75, 3.05) is 6.54 Å². The number of carbonyl (C=O) groups excluding carboxylic acids is 1. The number of hydrogen-bond acceptors (Lipinski definition) is 3. The van der Waals surface area contributed by atoms with Crippen LogP contribution >= 0.6 is 23.2 Å².